The van der Waals surface area contributed by atoms with E-state index in [0.717, 1.165) is 25.8 Å². The first-order valence-electron chi connectivity index (χ1n) is 11.4. The Hall–Kier alpha value is -3.87. The average molecular weight is 461 g/mol. The number of anilines is 2. The van der Waals surface area contributed by atoms with E-state index in [0.29, 0.717) is 6.54 Å². The number of nitrogens with zero attached hydrogens (tertiary/aromatic N) is 3. The zero-order valence-corrected chi connectivity index (χ0v) is 19.9. The van der Waals surface area contributed by atoms with Gasteiger partial charge in [0.25, 0.3) is 0 Å². The summed E-state index contributed by atoms with van der Waals surface area (Å²) in [5, 5.41) is 0. The van der Waals surface area contributed by atoms with Crippen LogP contribution in [0.3, 0.4) is 0 Å². The van der Waals surface area contributed by atoms with Crippen molar-refractivity contribution in [1.29, 1.82) is 0 Å². The van der Waals surface area contributed by atoms with Crippen molar-refractivity contribution in [2.75, 3.05) is 32.1 Å². The minimum absolute atomic E-state index is 0.170. The Bertz CT molecular complexity index is 1150. The predicted molar refractivity (Wildman–Crippen MR) is 130 cm³/mol. The number of hydrogen-bond donors (Lipinski definition) is 0. The van der Waals surface area contributed by atoms with Crippen molar-refractivity contribution in [3.05, 3.63) is 83.7 Å². The second-order valence-corrected chi connectivity index (χ2v) is 8.38. The fourth-order valence-electron chi connectivity index (χ4n) is 4.35. The average Bonchev–Trinajstić information content (AvgIpc) is 3.01. The first kappa shape index (κ1) is 23.3. The summed E-state index contributed by atoms with van der Waals surface area (Å²) in [5.41, 5.74) is 5.29. The van der Waals surface area contributed by atoms with Crippen LogP contribution in [0.1, 0.15) is 28.0 Å². The molecule has 2 aromatic carbocycles. The number of amides is 1. The van der Waals surface area contributed by atoms with E-state index in [-0.39, 0.29) is 11.4 Å². The number of carbonyl (C=O) groups is 2. The van der Waals surface area contributed by atoms with Crippen molar-refractivity contribution in [1.82, 2.24) is 4.90 Å². The van der Waals surface area contributed by atoms with Gasteiger partial charge in [0.05, 0.1) is 7.11 Å². The molecule has 7 heteroatoms. The lowest BCUT2D eigenvalue weighted by molar-refractivity contribution is -0.674. The van der Waals surface area contributed by atoms with Crippen LogP contribution in [0.15, 0.2) is 66.9 Å². The lowest BCUT2D eigenvalue weighted by Crippen LogP contribution is -2.38. The van der Waals surface area contributed by atoms with Gasteiger partial charge in [-0.2, -0.15) is 4.57 Å². The highest BCUT2D eigenvalue weighted by Gasteiger charge is 2.27. The molecule has 3 aromatic rings. The molecule has 0 fully saturated rings. The van der Waals surface area contributed by atoms with Gasteiger partial charge in [0.2, 0.25) is 5.75 Å². The molecule has 0 radical (unpaired) electrons. The van der Waals surface area contributed by atoms with Crippen LogP contribution in [0, 0.1) is 0 Å². The first-order chi connectivity index (χ1) is 16.5. The Morgan fingerprint density at radius 1 is 0.971 bits per heavy atom. The monoisotopic (exact) mass is 460 g/mol. The molecule has 2 heterocycles. The number of pyridine rings is 1. The van der Waals surface area contributed by atoms with Gasteiger partial charge in [-0.3, -0.25) is 0 Å². The molecule has 1 aliphatic heterocycles. The van der Waals surface area contributed by atoms with E-state index < -0.39 is 12.1 Å². The highest BCUT2D eigenvalue weighted by molar-refractivity contribution is 5.89. The number of rotatable bonds is 6. The van der Waals surface area contributed by atoms with Crippen LogP contribution in [0.25, 0.3) is 0 Å². The summed E-state index contributed by atoms with van der Waals surface area (Å²) in [5.74, 6) is -0.392. The molecule has 0 bridgehead atoms. The molecule has 0 unspecified atom stereocenters. The Labute approximate surface area is 200 Å². The van der Waals surface area contributed by atoms with Gasteiger partial charge in [-0.1, -0.05) is 36.4 Å². The lowest BCUT2D eigenvalue weighted by Gasteiger charge is -2.28. The van der Waals surface area contributed by atoms with Crippen LogP contribution in [-0.4, -0.2) is 44.2 Å². The van der Waals surface area contributed by atoms with Gasteiger partial charge in [-0.25, -0.2) is 9.59 Å². The van der Waals surface area contributed by atoms with Crippen LogP contribution >= 0.6 is 0 Å². The maximum Gasteiger partial charge on any atom is 0.415 e. The third kappa shape index (κ3) is 4.88. The van der Waals surface area contributed by atoms with E-state index in [4.69, 9.17) is 9.47 Å². The van der Waals surface area contributed by atoms with Crippen molar-refractivity contribution in [3.63, 3.8) is 0 Å². The second-order valence-electron chi connectivity index (χ2n) is 8.38. The number of para-hydroxylation sites is 2. The third-order valence-corrected chi connectivity index (χ3v) is 6.13. The van der Waals surface area contributed by atoms with Gasteiger partial charge in [0.1, 0.15) is 7.05 Å². The van der Waals surface area contributed by atoms with Gasteiger partial charge < -0.3 is 19.3 Å². The molecule has 1 amide bonds. The van der Waals surface area contributed by atoms with Crippen LogP contribution in [-0.2, 0) is 24.6 Å². The zero-order valence-electron chi connectivity index (χ0n) is 19.9. The van der Waals surface area contributed by atoms with Crippen LogP contribution in [0.2, 0.25) is 0 Å². The molecule has 0 aliphatic carbocycles. The van der Waals surface area contributed by atoms with Gasteiger partial charge in [0.15, 0.2) is 6.20 Å². The summed E-state index contributed by atoms with van der Waals surface area (Å²) in [7, 11) is 4.70. The standard InChI is InChI=1S/C27H30N3O4/c1-28-17-8-14-24(25(28)26(31)33-3)34-27(32)29(2)18-9-19-30-22-12-6-4-10-20(22)15-16-21-11-5-7-13-23(21)30/h4-8,10-14,17H,9,15-16,18-19H2,1-3H3/q+1. The second kappa shape index (κ2) is 10.4. The number of aryl methyl sites for hydroxylation is 3. The topological polar surface area (TPSA) is 63.0 Å². The fourth-order valence-corrected chi connectivity index (χ4v) is 4.35. The van der Waals surface area contributed by atoms with E-state index in [2.05, 4.69) is 53.4 Å². The quantitative estimate of drug-likeness (QED) is 0.410. The van der Waals surface area contributed by atoms with Crippen molar-refractivity contribution < 1.29 is 23.6 Å². The molecule has 0 saturated carbocycles. The Morgan fingerprint density at radius 2 is 1.59 bits per heavy atom. The fraction of sp³-hybridized carbons (Fsp3) is 0.296. The Balaban J connectivity index is 1.44. The molecule has 34 heavy (non-hydrogen) atoms. The number of methoxy groups -OCH3 is 1. The summed E-state index contributed by atoms with van der Waals surface area (Å²) in [6.45, 7) is 1.27. The van der Waals surface area contributed by atoms with E-state index in [1.807, 2.05) is 0 Å². The summed E-state index contributed by atoms with van der Waals surface area (Å²) in [6.07, 6.45) is 3.94. The maximum absolute atomic E-state index is 12.7. The van der Waals surface area contributed by atoms with E-state index in [1.54, 1.807) is 37.0 Å². The van der Waals surface area contributed by atoms with Gasteiger partial charge in [-0.15, -0.1) is 0 Å². The number of hydrogen-bond acceptors (Lipinski definition) is 5. The van der Waals surface area contributed by atoms with E-state index in [1.165, 1.54) is 34.5 Å². The first-order valence-corrected chi connectivity index (χ1v) is 11.4. The summed E-state index contributed by atoms with van der Waals surface area (Å²) in [4.78, 5) is 28.8. The molecule has 1 aromatic heterocycles. The van der Waals surface area contributed by atoms with Gasteiger partial charge in [-0.05, 0) is 48.6 Å². The summed E-state index contributed by atoms with van der Waals surface area (Å²) >= 11 is 0. The molecule has 0 saturated heterocycles. The molecule has 176 valence electrons. The van der Waals surface area contributed by atoms with Crippen molar-refractivity contribution in [2.45, 2.75) is 19.3 Å². The molecular formula is C27H30N3O4+. The maximum atomic E-state index is 12.7. The van der Waals surface area contributed by atoms with E-state index >= 15 is 0 Å². The third-order valence-electron chi connectivity index (χ3n) is 6.13. The number of ether oxygens (including phenoxy) is 2. The number of fused-ring (bicyclic) bond motifs is 2. The largest absolute Gasteiger partial charge is 0.461 e. The SMILES string of the molecule is COC(=O)c1c(OC(=O)N(C)CCCN2c3ccccc3CCc3ccccc32)ccc[n+]1C. The smallest absolute Gasteiger partial charge is 0.415 e. The Kier molecular flexibility index (Phi) is 7.11. The molecule has 0 atom stereocenters. The zero-order chi connectivity index (χ0) is 24.1. The summed E-state index contributed by atoms with van der Waals surface area (Å²) in [6, 6.07) is 20.3. The van der Waals surface area contributed by atoms with E-state index in [9.17, 15) is 9.59 Å². The minimum atomic E-state index is -0.563. The van der Waals surface area contributed by atoms with Crippen molar-refractivity contribution >= 4 is 23.4 Å². The highest BCUT2D eigenvalue weighted by atomic mass is 16.6. The van der Waals surface area contributed by atoms with Crippen molar-refractivity contribution in [2.24, 2.45) is 7.05 Å². The molecule has 0 spiro atoms. The minimum Gasteiger partial charge on any atom is -0.461 e. The summed E-state index contributed by atoms with van der Waals surface area (Å²) < 4.78 is 11.9. The predicted octanol–water partition coefficient (Wildman–Crippen LogP) is 4.06. The molecule has 7 nitrogen and oxygen atoms in total. The normalized spacial score (nSPS) is 12.3. The number of benzene rings is 2. The van der Waals surface area contributed by atoms with Crippen LogP contribution < -0.4 is 14.2 Å². The number of esters is 1. The molecule has 1 aliphatic rings. The highest BCUT2D eigenvalue weighted by Crippen LogP contribution is 2.35. The van der Waals surface area contributed by atoms with Crippen molar-refractivity contribution in [3.8, 4) is 5.75 Å². The lowest BCUT2D eigenvalue weighted by atomic mass is 10.0. The Morgan fingerprint density at radius 3 is 2.21 bits per heavy atom. The molecular weight excluding hydrogens is 430 g/mol. The van der Waals surface area contributed by atoms with Gasteiger partial charge >= 0.3 is 17.8 Å². The van der Waals surface area contributed by atoms with Gasteiger partial charge in [0, 0.05) is 37.6 Å². The molecule has 4 rings (SSSR count). The number of aromatic nitrogens is 1. The number of carbonyl (C=O) groups excluding carboxylic acids is 2. The van der Waals surface area contributed by atoms with Crippen LogP contribution in [0.4, 0.5) is 16.2 Å². The van der Waals surface area contributed by atoms with Crippen LogP contribution in [0.5, 0.6) is 5.75 Å². The molecule has 0 N–H and O–H groups in total.